The second-order valence-electron chi connectivity index (χ2n) is 8.83. The quantitative estimate of drug-likeness (QED) is 0.638. The molecular weight excluding hydrogens is 465 g/mol. The van der Waals surface area contributed by atoms with Crippen LogP contribution in [0.25, 0.3) is 0 Å². The van der Waals surface area contributed by atoms with Crippen molar-refractivity contribution in [1.29, 1.82) is 0 Å². The van der Waals surface area contributed by atoms with Gasteiger partial charge in [-0.05, 0) is 42.5 Å². The van der Waals surface area contributed by atoms with E-state index in [1.165, 1.54) is 24.3 Å². The summed E-state index contributed by atoms with van der Waals surface area (Å²) in [5, 5.41) is 5.08. The molecule has 1 saturated heterocycles. The van der Waals surface area contributed by atoms with Crippen molar-refractivity contribution in [1.82, 2.24) is 10.2 Å². The average molecular weight is 486 g/mol. The Balaban J connectivity index is 1.50. The molecule has 3 aliphatic rings. The van der Waals surface area contributed by atoms with Crippen LogP contribution in [0.4, 0.5) is 29.3 Å². The zero-order valence-electron chi connectivity index (χ0n) is 18.4. The van der Waals surface area contributed by atoms with Gasteiger partial charge in [-0.15, -0.1) is 0 Å². The Hall–Kier alpha value is -3.89. The Labute approximate surface area is 198 Å². The number of urea groups is 1. The SMILES string of the molecule is O=C1C[C@@H](C(F)(F)F)N(C(=O)CN2C(=O)N[C@@]3(CCCc4ccccc43)C2=O)c2ccccc2N1. The number of amides is 5. The van der Waals surface area contributed by atoms with Gasteiger partial charge in [-0.2, -0.15) is 13.2 Å². The Morgan fingerprint density at radius 2 is 1.77 bits per heavy atom. The third kappa shape index (κ3) is 3.71. The highest BCUT2D eigenvalue weighted by Crippen LogP contribution is 2.41. The number of nitrogens with zero attached hydrogens (tertiary/aromatic N) is 2. The average Bonchev–Trinajstić information content (AvgIpc) is 2.94. The van der Waals surface area contributed by atoms with Crippen LogP contribution in [0.5, 0.6) is 0 Å². The maximum Gasteiger partial charge on any atom is 0.409 e. The number of fused-ring (bicyclic) bond motifs is 3. The second kappa shape index (κ2) is 8.10. The van der Waals surface area contributed by atoms with Crippen LogP contribution in [-0.2, 0) is 26.3 Å². The van der Waals surface area contributed by atoms with Crippen LogP contribution >= 0.6 is 0 Å². The van der Waals surface area contributed by atoms with E-state index in [9.17, 15) is 32.3 Å². The summed E-state index contributed by atoms with van der Waals surface area (Å²) >= 11 is 0. The minimum absolute atomic E-state index is 0.0347. The second-order valence-corrected chi connectivity index (χ2v) is 8.83. The summed E-state index contributed by atoms with van der Waals surface area (Å²) in [5.74, 6) is -2.70. The number of carbonyl (C=O) groups is 4. The van der Waals surface area contributed by atoms with E-state index < -0.39 is 54.5 Å². The monoisotopic (exact) mass is 486 g/mol. The zero-order chi connectivity index (χ0) is 25.0. The van der Waals surface area contributed by atoms with Gasteiger partial charge >= 0.3 is 12.2 Å². The van der Waals surface area contributed by atoms with Crippen molar-refractivity contribution in [3.8, 4) is 0 Å². The number of rotatable bonds is 2. The lowest BCUT2D eigenvalue weighted by atomic mass is 9.76. The number of alkyl halides is 3. The van der Waals surface area contributed by atoms with Crippen molar-refractivity contribution in [2.45, 2.75) is 43.4 Å². The smallest absolute Gasteiger partial charge is 0.324 e. The molecule has 5 rings (SSSR count). The first-order chi connectivity index (χ1) is 16.6. The third-order valence-electron chi connectivity index (χ3n) is 6.72. The molecule has 2 N–H and O–H groups in total. The highest BCUT2D eigenvalue weighted by Gasteiger charge is 2.55. The van der Waals surface area contributed by atoms with Crippen molar-refractivity contribution >= 4 is 35.1 Å². The van der Waals surface area contributed by atoms with Gasteiger partial charge in [0.05, 0.1) is 17.8 Å². The molecule has 2 aromatic carbocycles. The van der Waals surface area contributed by atoms with Gasteiger partial charge in [-0.1, -0.05) is 36.4 Å². The zero-order valence-corrected chi connectivity index (χ0v) is 18.4. The molecule has 2 aliphatic heterocycles. The van der Waals surface area contributed by atoms with Crippen LogP contribution in [0.1, 0.15) is 30.4 Å². The number of nitrogens with one attached hydrogen (secondary N) is 2. The van der Waals surface area contributed by atoms with Gasteiger partial charge in [0.25, 0.3) is 5.91 Å². The van der Waals surface area contributed by atoms with Crippen LogP contribution in [-0.4, -0.2) is 47.4 Å². The number of hydrogen-bond donors (Lipinski definition) is 2. The summed E-state index contributed by atoms with van der Waals surface area (Å²) < 4.78 is 42.0. The number of imide groups is 1. The predicted molar refractivity (Wildman–Crippen MR) is 118 cm³/mol. The number of benzene rings is 2. The number of hydrogen-bond acceptors (Lipinski definition) is 4. The van der Waals surface area contributed by atoms with Gasteiger partial charge in [0.15, 0.2) is 0 Å². The fourth-order valence-electron chi connectivity index (χ4n) is 5.16. The predicted octanol–water partition coefficient (Wildman–Crippen LogP) is 3.08. The van der Waals surface area contributed by atoms with Gasteiger partial charge in [0, 0.05) is 0 Å². The van der Waals surface area contributed by atoms with Crippen molar-refractivity contribution in [2.24, 2.45) is 0 Å². The van der Waals surface area contributed by atoms with Crippen molar-refractivity contribution < 1.29 is 32.3 Å². The lowest BCUT2D eigenvalue weighted by Gasteiger charge is -2.34. The molecule has 0 aromatic heterocycles. The van der Waals surface area contributed by atoms with Gasteiger partial charge in [-0.25, -0.2) is 4.79 Å². The summed E-state index contributed by atoms with van der Waals surface area (Å²) in [4.78, 5) is 53.0. The first kappa shape index (κ1) is 22.9. The molecule has 35 heavy (non-hydrogen) atoms. The summed E-state index contributed by atoms with van der Waals surface area (Å²) in [5.41, 5.74) is 0.0402. The summed E-state index contributed by atoms with van der Waals surface area (Å²) in [7, 11) is 0. The number of para-hydroxylation sites is 2. The molecule has 2 aromatic rings. The molecule has 0 bridgehead atoms. The molecule has 0 unspecified atom stereocenters. The van der Waals surface area contributed by atoms with E-state index in [1.807, 2.05) is 12.1 Å². The van der Waals surface area contributed by atoms with E-state index in [0.29, 0.717) is 28.2 Å². The molecule has 2 atom stereocenters. The van der Waals surface area contributed by atoms with Crippen LogP contribution in [0.3, 0.4) is 0 Å². The van der Waals surface area contributed by atoms with Crippen LogP contribution in [0.15, 0.2) is 48.5 Å². The normalized spacial score (nSPS) is 24.0. The molecule has 182 valence electrons. The molecule has 0 saturated carbocycles. The standard InChI is InChI=1S/C24H21F3N4O4/c25-24(26,27)18-12-19(32)28-16-9-3-4-10-17(16)31(18)20(33)13-30-21(34)23(29-22(30)35)11-5-7-14-6-1-2-8-15(14)23/h1-4,6,8-10,18H,5,7,11-13H2,(H,28,32)(H,29,35)/t18-,23+/m0/s1. The Morgan fingerprint density at radius 3 is 2.54 bits per heavy atom. The van der Waals surface area contributed by atoms with Crippen molar-refractivity contribution in [3.05, 3.63) is 59.7 Å². The lowest BCUT2D eigenvalue weighted by Crippen LogP contribution is -2.53. The molecule has 1 aliphatic carbocycles. The van der Waals surface area contributed by atoms with Crippen molar-refractivity contribution in [3.63, 3.8) is 0 Å². The highest BCUT2D eigenvalue weighted by molar-refractivity contribution is 6.12. The van der Waals surface area contributed by atoms with Crippen molar-refractivity contribution in [2.75, 3.05) is 16.8 Å². The van der Waals surface area contributed by atoms with E-state index >= 15 is 0 Å². The summed E-state index contributed by atoms with van der Waals surface area (Å²) in [6, 6.07) is 9.47. The van der Waals surface area contributed by atoms with E-state index in [0.717, 1.165) is 12.0 Å². The molecule has 8 nitrogen and oxygen atoms in total. The number of carbonyl (C=O) groups excluding carboxylic acids is 4. The molecule has 1 spiro atoms. The van der Waals surface area contributed by atoms with Gasteiger partial charge < -0.3 is 10.6 Å². The third-order valence-corrected chi connectivity index (χ3v) is 6.72. The molecule has 1 fully saturated rings. The van der Waals surface area contributed by atoms with E-state index in [-0.39, 0.29) is 11.4 Å². The maximum atomic E-state index is 14.0. The lowest BCUT2D eigenvalue weighted by molar-refractivity contribution is -0.158. The Morgan fingerprint density at radius 1 is 1.06 bits per heavy atom. The molecule has 2 heterocycles. The van der Waals surface area contributed by atoms with E-state index in [2.05, 4.69) is 10.6 Å². The number of halogens is 3. The fourth-order valence-corrected chi connectivity index (χ4v) is 5.16. The molecule has 5 amide bonds. The Kier molecular flexibility index (Phi) is 5.30. The Bertz CT molecular complexity index is 1250. The topological polar surface area (TPSA) is 98.8 Å². The number of anilines is 2. The fraction of sp³-hybridized carbons (Fsp3) is 0.333. The number of aryl methyl sites for hydroxylation is 1. The highest BCUT2D eigenvalue weighted by atomic mass is 19.4. The summed E-state index contributed by atoms with van der Waals surface area (Å²) in [6.07, 6.45) is -4.28. The van der Waals surface area contributed by atoms with Gasteiger partial charge in [0.1, 0.15) is 18.1 Å². The minimum Gasteiger partial charge on any atom is -0.324 e. The van der Waals surface area contributed by atoms with Gasteiger partial charge in [0.2, 0.25) is 11.8 Å². The molecule has 0 radical (unpaired) electrons. The van der Waals surface area contributed by atoms with Gasteiger partial charge in [-0.3, -0.25) is 24.2 Å². The van der Waals surface area contributed by atoms with Crippen LogP contribution < -0.4 is 15.5 Å². The minimum atomic E-state index is -4.93. The molecular formula is C24H21F3N4O4. The van der Waals surface area contributed by atoms with E-state index in [4.69, 9.17) is 0 Å². The molecule has 11 heteroatoms. The largest absolute Gasteiger partial charge is 0.409 e. The van der Waals surface area contributed by atoms with E-state index in [1.54, 1.807) is 12.1 Å². The maximum absolute atomic E-state index is 14.0. The first-order valence-corrected chi connectivity index (χ1v) is 11.1. The van der Waals surface area contributed by atoms with Crippen LogP contribution in [0.2, 0.25) is 0 Å². The van der Waals surface area contributed by atoms with Crippen LogP contribution in [0, 0.1) is 0 Å². The summed E-state index contributed by atoms with van der Waals surface area (Å²) in [6.45, 7) is -0.899. The first-order valence-electron chi connectivity index (χ1n) is 11.1.